The van der Waals surface area contributed by atoms with Crippen LogP contribution in [0.5, 0.6) is 0 Å². The Bertz CT molecular complexity index is 744. The molecule has 0 bridgehead atoms. The Morgan fingerprint density at radius 3 is 3.00 bits per heavy atom. The van der Waals surface area contributed by atoms with Crippen molar-refractivity contribution in [2.24, 2.45) is 0 Å². The van der Waals surface area contributed by atoms with Crippen LogP contribution in [0.25, 0.3) is 11.0 Å². The van der Waals surface area contributed by atoms with Crippen molar-refractivity contribution in [3.8, 4) is 0 Å². The van der Waals surface area contributed by atoms with Crippen LogP contribution >= 0.6 is 0 Å². The van der Waals surface area contributed by atoms with Crippen LogP contribution < -0.4 is 5.32 Å². The van der Waals surface area contributed by atoms with E-state index in [0.717, 1.165) is 29.6 Å². The normalized spacial score (nSPS) is 18.8. The van der Waals surface area contributed by atoms with E-state index in [0.29, 0.717) is 5.92 Å². The van der Waals surface area contributed by atoms with Crippen molar-refractivity contribution in [1.29, 1.82) is 0 Å². The van der Waals surface area contributed by atoms with Gasteiger partial charge in [-0.15, -0.1) is 0 Å². The topological polar surface area (TPSA) is 38.1 Å². The minimum absolute atomic E-state index is 0.175. The number of aromatic nitrogens is 1. The van der Waals surface area contributed by atoms with E-state index in [-0.39, 0.29) is 6.04 Å². The molecule has 3 aromatic rings. The summed E-state index contributed by atoms with van der Waals surface area (Å²) in [5.74, 6) is 1.38. The maximum absolute atomic E-state index is 6.06. The molecule has 2 atom stereocenters. The lowest BCUT2D eigenvalue weighted by Crippen LogP contribution is -2.22. The van der Waals surface area contributed by atoms with Gasteiger partial charge in [-0.1, -0.05) is 24.3 Å². The molecule has 4 rings (SSSR count). The van der Waals surface area contributed by atoms with Gasteiger partial charge in [0.1, 0.15) is 11.3 Å². The van der Waals surface area contributed by atoms with Gasteiger partial charge in [-0.2, -0.15) is 0 Å². The first-order chi connectivity index (χ1) is 10.4. The Labute approximate surface area is 124 Å². The molecule has 2 aromatic heterocycles. The fourth-order valence-electron chi connectivity index (χ4n) is 3.47. The average Bonchev–Trinajstić information content (AvgIpc) is 3.13. The molecule has 1 aromatic carbocycles. The lowest BCUT2D eigenvalue weighted by Gasteiger charge is -2.21. The van der Waals surface area contributed by atoms with Gasteiger partial charge in [0.25, 0.3) is 0 Å². The van der Waals surface area contributed by atoms with E-state index in [1.54, 1.807) is 0 Å². The zero-order valence-electron chi connectivity index (χ0n) is 12.0. The monoisotopic (exact) mass is 278 g/mol. The van der Waals surface area contributed by atoms with Crippen molar-refractivity contribution >= 4 is 11.0 Å². The molecule has 0 saturated heterocycles. The van der Waals surface area contributed by atoms with E-state index in [2.05, 4.69) is 28.5 Å². The van der Waals surface area contributed by atoms with Crippen LogP contribution in [0.4, 0.5) is 0 Å². The van der Waals surface area contributed by atoms with Crippen LogP contribution in [-0.2, 0) is 6.42 Å². The van der Waals surface area contributed by atoms with Crippen molar-refractivity contribution in [3.63, 3.8) is 0 Å². The molecule has 0 saturated carbocycles. The minimum atomic E-state index is 0.175. The zero-order chi connectivity index (χ0) is 14.2. The summed E-state index contributed by atoms with van der Waals surface area (Å²) in [6.07, 6.45) is 4.11. The van der Waals surface area contributed by atoms with Crippen molar-refractivity contribution in [1.82, 2.24) is 10.3 Å². The maximum atomic E-state index is 6.06. The highest BCUT2D eigenvalue weighted by Crippen LogP contribution is 2.41. The zero-order valence-corrected chi connectivity index (χ0v) is 12.0. The number of benzene rings is 1. The van der Waals surface area contributed by atoms with Crippen molar-refractivity contribution in [2.75, 3.05) is 7.05 Å². The number of para-hydroxylation sites is 1. The number of rotatable bonds is 3. The van der Waals surface area contributed by atoms with Crippen LogP contribution in [0.2, 0.25) is 0 Å². The number of nitrogens with zero attached hydrogens (tertiary/aromatic N) is 1. The Morgan fingerprint density at radius 2 is 2.14 bits per heavy atom. The van der Waals surface area contributed by atoms with E-state index >= 15 is 0 Å². The molecule has 0 spiro atoms. The summed E-state index contributed by atoms with van der Waals surface area (Å²) in [6.45, 7) is 0. The van der Waals surface area contributed by atoms with E-state index in [9.17, 15) is 0 Å². The minimum Gasteiger partial charge on any atom is -0.459 e. The summed E-state index contributed by atoms with van der Waals surface area (Å²) in [6, 6.07) is 14.7. The molecule has 1 aliphatic rings. The summed E-state index contributed by atoms with van der Waals surface area (Å²) in [5.41, 5.74) is 3.54. The van der Waals surface area contributed by atoms with Gasteiger partial charge in [0.2, 0.25) is 0 Å². The summed E-state index contributed by atoms with van der Waals surface area (Å²) >= 11 is 0. The van der Waals surface area contributed by atoms with Crippen LogP contribution in [0.1, 0.15) is 35.4 Å². The molecular weight excluding hydrogens is 260 g/mol. The summed E-state index contributed by atoms with van der Waals surface area (Å²) in [5, 5.41) is 4.59. The number of fused-ring (bicyclic) bond motifs is 2. The molecule has 2 heterocycles. The second-order valence-corrected chi connectivity index (χ2v) is 5.65. The van der Waals surface area contributed by atoms with Gasteiger partial charge in [0.05, 0.1) is 6.04 Å². The van der Waals surface area contributed by atoms with Gasteiger partial charge < -0.3 is 9.73 Å². The van der Waals surface area contributed by atoms with E-state index in [1.807, 2.05) is 37.5 Å². The molecule has 0 radical (unpaired) electrons. The molecule has 0 aliphatic heterocycles. The number of hydrogen-bond acceptors (Lipinski definition) is 3. The van der Waals surface area contributed by atoms with E-state index in [4.69, 9.17) is 4.42 Å². The van der Waals surface area contributed by atoms with Gasteiger partial charge in [-0.25, -0.2) is 0 Å². The number of hydrogen-bond donors (Lipinski definition) is 1. The molecule has 0 amide bonds. The van der Waals surface area contributed by atoms with Gasteiger partial charge in [0, 0.05) is 23.2 Å². The van der Waals surface area contributed by atoms with Crippen LogP contribution in [0.15, 0.2) is 53.1 Å². The average molecular weight is 278 g/mol. The van der Waals surface area contributed by atoms with Crippen molar-refractivity contribution < 1.29 is 4.42 Å². The predicted octanol–water partition coefficient (Wildman–Crippen LogP) is 3.82. The molecule has 2 unspecified atom stereocenters. The Kier molecular flexibility index (Phi) is 3.00. The Morgan fingerprint density at radius 1 is 1.24 bits per heavy atom. The molecule has 21 heavy (non-hydrogen) atoms. The molecule has 3 heteroatoms. The first-order valence-electron chi connectivity index (χ1n) is 7.46. The van der Waals surface area contributed by atoms with Crippen LogP contribution in [0, 0.1) is 0 Å². The third-order valence-electron chi connectivity index (χ3n) is 4.47. The quantitative estimate of drug-likeness (QED) is 0.791. The first kappa shape index (κ1) is 12.6. The van der Waals surface area contributed by atoms with Crippen molar-refractivity contribution in [3.05, 3.63) is 65.7 Å². The van der Waals surface area contributed by atoms with E-state index < -0.39 is 0 Å². The van der Waals surface area contributed by atoms with E-state index in [1.165, 1.54) is 11.3 Å². The van der Waals surface area contributed by atoms with Gasteiger partial charge in [0.15, 0.2) is 0 Å². The lowest BCUT2D eigenvalue weighted by atomic mass is 9.95. The van der Waals surface area contributed by atoms with Gasteiger partial charge in [-0.05, 0) is 43.7 Å². The number of nitrogens with one attached hydrogen (secondary N) is 1. The second-order valence-electron chi connectivity index (χ2n) is 5.65. The highest BCUT2D eigenvalue weighted by atomic mass is 16.3. The summed E-state index contributed by atoms with van der Waals surface area (Å²) < 4.78 is 6.06. The number of pyridine rings is 1. The van der Waals surface area contributed by atoms with Gasteiger partial charge in [-0.3, -0.25) is 4.98 Å². The molecule has 106 valence electrons. The third kappa shape index (κ3) is 2.05. The second kappa shape index (κ2) is 5.01. The molecule has 3 nitrogen and oxygen atoms in total. The lowest BCUT2D eigenvalue weighted by molar-refractivity contribution is 0.391. The van der Waals surface area contributed by atoms with Crippen LogP contribution in [-0.4, -0.2) is 12.0 Å². The predicted molar refractivity (Wildman–Crippen MR) is 83.3 cm³/mol. The molecule has 1 aliphatic carbocycles. The Hall–Kier alpha value is -2.13. The first-order valence-corrected chi connectivity index (χ1v) is 7.46. The Balaban J connectivity index is 1.75. The van der Waals surface area contributed by atoms with Gasteiger partial charge >= 0.3 is 0 Å². The van der Waals surface area contributed by atoms with Crippen molar-refractivity contribution in [2.45, 2.75) is 24.8 Å². The largest absolute Gasteiger partial charge is 0.459 e. The van der Waals surface area contributed by atoms with Crippen LogP contribution in [0.3, 0.4) is 0 Å². The summed E-state index contributed by atoms with van der Waals surface area (Å²) in [7, 11) is 2.00. The number of likely N-dealkylation sites (N-methyl/N-ethyl adjacent to an activating group) is 1. The number of furan rings is 1. The standard InChI is InChI=1S/C18H18N2O/c1-19-18(14-9-8-12-6-4-10-20-17(12)14)16-11-13-5-2-3-7-15(13)21-16/h2-7,10-11,14,18-19H,8-9H2,1H3. The molecule has 1 N–H and O–H groups in total. The third-order valence-corrected chi connectivity index (χ3v) is 4.47. The fraction of sp³-hybridized carbons (Fsp3) is 0.278. The summed E-state index contributed by atoms with van der Waals surface area (Å²) in [4.78, 5) is 4.61. The number of aryl methyl sites for hydroxylation is 1. The maximum Gasteiger partial charge on any atom is 0.134 e. The highest BCUT2D eigenvalue weighted by Gasteiger charge is 2.32. The SMILES string of the molecule is CNC(c1cc2ccccc2o1)C1CCc2cccnc21. The fourth-order valence-corrected chi connectivity index (χ4v) is 3.47. The molecule has 0 fully saturated rings. The highest BCUT2D eigenvalue weighted by molar-refractivity contribution is 5.77. The molecular formula is C18H18N2O. The smallest absolute Gasteiger partial charge is 0.134 e.